The normalized spacial score (nSPS) is 27.0. The summed E-state index contributed by atoms with van der Waals surface area (Å²) >= 11 is 0. The maximum absolute atomic E-state index is 12.5. The quantitative estimate of drug-likeness (QED) is 0.749. The highest BCUT2D eigenvalue weighted by molar-refractivity contribution is 7.86. The van der Waals surface area contributed by atoms with E-state index in [9.17, 15) is 13.2 Å². The van der Waals surface area contributed by atoms with Crippen LogP contribution < -0.4 is 0 Å². The summed E-state index contributed by atoms with van der Waals surface area (Å²) < 4.78 is 29.2. The van der Waals surface area contributed by atoms with Crippen molar-refractivity contribution in [2.24, 2.45) is 5.41 Å². The van der Waals surface area contributed by atoms with Crippen LogP contribution in [0.5, 0.6) is 0 Å². The first-order valence-electron chi connectivity index (χ1n) is 7.01. The lowest BCUT2D eigenvalue weighted by atomic mass is 9.73. The van der Waals surface area contributed by atoms with Gasteiger partial charge in [-0.1, -0.05) is 44.2 Å². The maximum Gasteiger partial charge on any atom is 0.309 e. The average molecular weight is 306 g/mol. The number of carbonyl (C=O) groups excluding carboxylic acids is 1. The average Bonchev–Trinajstić information content (AvgIpc) is 2.35. The van der Waals surface area contributed by atoms with Gasteiger partial charge >= 0.3 is 10.1 Å². The second-order valence-electron chi connectivity index (χ2n) is 6.55. The van der Waals surface area contributed by atoms with Crippen molar-refractivity contribution in [3.63, 3.8) is 0 Å². The highest BCUT2D eigenvalue weighted by Gasteiger charge is 2.43. The number of hydrogen-bond acceptors (Lipinski definition) is 4. The Labute approximate surface area is 124 Å². The summed E-state index contributed by atoms with van der Waals surface area (Å²) in [6.45, 7) is 3.91. The van der Waals surface area contributed by atoms with E-state index >= 15 is 0 Å². The Bertz CT molecular complexity index is 714. The number of allylic oxidation sites excluding steroid dienone is 2. The van der Waals surface area contributed by atoms with Gasteiger partial charge in [-0.2, -0.15) is 8.42 Å². The van der Waals surface area contributed by atoms with Gasteiger partial charge in [0.05, 0.1) is 5.75 Å². The number of carbonyl (C=O) groups is 1. The molecule has 1 aliphatic carbocycles. The number of rotatable bonds is 1. The molecule has 1 aliphatic heterocycles. The zero-order chi connectivity index (χ0) is 15.3. The first kappa shape index (κ1) is 14.3. The summed E-state index contributed by atoms with van der Waals surface area (Å²) in [5.74, 6) is -0.230. The molecule has 2 aliphatic rings. The topological polar surface area (TPSA) is 60.4 Å². The first-order valence-corrected chi connectivity index (χ1v) is 8.58. The fourth-order valence-electron chi connectivity index (χ4n) is 3.16. The fourth-order valence-corrected chi connectivity index (χ4v) is 4.45. The van der Waals surface area contributed by atoms with Gasteiger partial charge in [0.25, 0.3) is 0 Å². The van der Waals surface area contributed by atoms with E-state index in [1.807, 2.05) is 44.2 Å². The number of Topliss-reactive ketones (excluding diaryl/α,β-unsaturated/α-hetero) is 1. The van der Waals surface area contributed by atoms with E-state index in [0.29, 0.717) is 24.2 Å². The third-order valence-electron chi connectivity index (χ3n) is 4.03. The Morgan fingerprint density at radius 3 is 2.48 bits per heavy atom. The van der Waals surface area contributed by atoms with Crippen LogP contribution >= 0.6 is 0 Å². The lowest BCUT2D eigenvalue weighted by molar-refractivity contribution is -0.118. The minimum absolute atomic E-state index is 0.00463. The van der Waals surface area contributed by atoms with Gasteiger partial charge in [-0.25, -0.2) is 0 Å². The molecular formula is C16H18O4S. The smallest absolute Gasteiger partial charge is 0.309 e. The van der Waals surface area contributed by atoms with Gasteiger partial charge < -0.3 is 4.18 Å². The molecular weight excluding hydrogens is 288 g/mol. The van der Waals surface area contributed by atoms with Crippen LogP contribution in [0, 0.1) is 5.41 Å². The minimum atomic E-state index is -3.63. The Balaban J connectivity index is 2.14. The number of benzene rings is 1. The molecule has 0 bridgehead atoms. The molecule has 5 heteroatoms. The standard InChI is InChI=1S/C16H18O4S/c1-16(2)8-13(17)15-12(11-6-4-3-5-7-11)10-21(18,19)20-14(15)9-16/h3-7,12H,8-10H2,1-2H3. The largest absolute Gasteiger partial charge is 0.386 e. The van der Waals surface area contributed by atoms with Crippen molar-refractivity contribution < 1.29 is 17.4 Å². The lowest BCUT2D eigenvalue weighted by Crippen LogP contribution is -2.36. The summed E-state index contributed by atoms with van der Waals surface area (Å²) in [6, 6.07) is 9.31. The predicted octanol–water partition coefficient (Wildman–Crippen LogP) is 2.77. The molecule has 21 heavy (non-hydrogen) atoms. The molecule has 0 amide bonds. The van der Waals surface area contributed by atoms with Crippen molar-refractivity contribution in [2.45, 2.75) is 32.6 Å². The second-order valence-corrected chi connectivity index (χ2v) is 8.16. The summed E-state index contributed by atoms with van der Waals surface area (Å²) in [5, 5.41) is 0. The molecule has 0 saturated carbocycles. The highest BCUT2D eigenvalue weighted by atomic mass is 32.2. The van der Waals surface area contributed by atoms with E-state index in [1.54, 1.807) is 0 Å². The molecule has 0 fully saturated rings. The summed E-state index contributed by atoms with van der Waals surface area (Å²) in [4.78, 5) is 12.5. The maximum atomic E-state index is 12.5. The van der Waals surface area contributed by atoms with Crippen molar-refractivity contribution >= 4 is 15.9 Å². The third-order valence-corrected chi connectivity index (χ3v) is 5.22. The van der Waals surface area contributed by atoms with Gasteiger partial charge in [0, 0.05) is 24.3 Å². The summed E-state index contributed by atoms with van der Waals surface area (Å²) in [5.41, 5.74) is 1.14. The molecule has 1 atom stereocenters. The van der Waals surface area contributed by atoms with Gasteiger partial charge in [-0.15, -0.1) is 0 Å². The summed E-state index contributed by atoms with van der Waals surface area (Å²) in [6.07, 6.45) is 0.912. The molecule has 4 nitrogen and oxygen atoms in total. The molecule has 1 aromatic carbocycles. The Hall–Kier alpha value is -1.62. The van der Waals surface area contributed by atoms with Crippen molar-refractivity contribution in [1.82, 2.24) is 0 Å². The highest BCUT2D eigenvalue weighted by Crippen LogP contribution is 2.45. The van der Waals surface area contributed by atoms with Crippen molar-refractivity contribution in [1.29, 1.82) is 0 Å². The van der Waals surface area contributed by atoms with Crippen LogP contribution in [-0.4, -0.2) is 20.0 Å². The van der Waals surface area contributed by atoms with E-state index in [1.165, 1.54) is 0 Å². The zero-order valence-electron chi connectivity index (χ0n) is 12.1. The van der Waals surface area contributed by atoms with Gasteiger partial charge in [0.15, 0.2) is 5.78 Å². The van der Waals surface area contributed by atoms with Gasteiger partial charge in [-0.3, -0.25) is 4.79 Å². The van der Waals surface area contributed by atoms with Crippen LogP contribution in [0.3, 0.4) is 0 Å². The van der Waals surface area contributed by atoms with Gasteiger partial charge in [-0.05, 0) is 11.0 Å². The second kappa shape index (κ2) is 4.70. The minimum Gasteiger partial charge on any atom is -0.386 e. The molecule has 1 heterocycles. The Kier molecular flexibility index (Phi) is 3.20. The van der Waals surface area contributed by atoms with E-state index in [-0.39, 0.29) is 17.0 Å². The molecule has 0 N–H and O–H groups in total. The van der Waals surface area contributed by atoms with E-state index in [2.05, 4.69) is 0 Å². The van der Waals surface area contributed by atoms with E-state index in [0.717, 1.165) is 5.56 Å². The van der Waals surface area contributed by atoms with Crippen LogP contribution in [0.4, 0.5) is 0 Å². The summed E-state index contributed by atoms with van der Waals surface area (Å²) in [7, 11) is -3.63. The molecule has 0 spiro atoms. The molecule has 1 unspecified atom stereocenters. The van der Waals surface area contributed by atoms with E-state index < -0.39 is 16.0 Å². The van der Waals surface area contributed by atoms with Crippen molar-refractivity contribution in [2.75, 3.05) is 5.75 Å². The monoisotopic (exact) mass is 306 g/mol. The number of ketones is 1. The third kappa shape index (κ3) is 2.75. The van der Waals surface area contributed by atoms with Gasteiger partial charge in [0.2, 0.25) is 0 Å². The van der Waals surface area contributed by atoms with Crippen LogP contribution in [0.25, 0.3) is 0 Å². The molecule has 1 aromatic rings. The Morgan fingerprint density at radius 2 is 1.81 bits per heavy atom. The van der Waals surface area contributed by atoms with Crippen molar-refractivity contribution in [3.05, 3.63) is 47.2 Å². The fraction of sp³-hybridized carbons (Fsp3) is 0.438. The first-order chi connectivity index (χ1) is 9.77. The SMILES string of the molecule is CC1(C)CC(=O)C2=C(C1)OS(=O)(=O)CC2c1ccccc1. The molecule has 0 aromatic heterocycles. The van der Waals surface area contributed by atoms with Crippen LogP contribution in [-0.2, 0) is 19.1 Å². The van der Waals surface area contributed by atoms with Gasteiger partial charge in [0.1, 0.15) is 5.76 Å². The van der Waals surface area contributed by atoms with Crippen molar-refractivity contribution in [3.8, 4) is 0 Å². The molecule has 112 valence electrons. The Morgan fingerprint density at radius 1 is 1.14 bits per heavy atom. The molecule has 0 radical (unpaired) electrons. The zero-order valence-corrected chi connectivity index (χ0v) is 12.9. The lowest BCUT2D eigenvalue weighted by Gasteiger charge is -2.36. The molecule has 3 rings (SSSR count). The predicted molar refractivity (Wildman–Crippen MR) is 79.1 cm³/mol. The number of hydrogen-bond donors (Lipinski definition) is 0. The van der Waals surface area contributed by atoms with Crippen LogP contribution in [0.2, 0.25) is 0 Å². The molecule has 0 saturated heterocycles. The van der Waals surface area contributed by atoms with Crippen LogP contribution in [0.1, 0.15) is 38.2 Å². The van der Waals surface area contributed by atoms with E-state index in [4.69, 9.17) is 4.18 Å². The van der Waals surface area contributed by atoms with Crippen LogP contribution in [0.15, 0.2) is 41.7 Å².